The summed E-state index contributed by atoms with van der Waals surface area (Å²) in [5.41, 5.74) is 6.58. The van der Waals surface area contributed by atoms with Gasteiger partial charge in [0.25, 0.3) is 23.6 Å². The number of ether oxygens (including phenoxy) is 2. The Morgan fingerprint density at radius 3 is 1.19 bits per heavy atom. The van der Waals surface area contributed by atoms with E-state index in [9.17, 15) is 49.9 Å². The first kappa shape index (κ1) is 87.2. The summed E-state index contributed by atoms with van der Waals surface area (Å²) in [5.74, 6) is -8.51. The van der Waals surface area contributed by atoms with Crippen LogP contribution in [0.1, 0.15) is 70.1 Å². The minimum absolute atomic E-state index is 0.0377. The second-order valence-electron chi connectivity index (χ2n) is 24.4. The number of halogens is 13. The maximum absolute atomic E-state index is 14.7. The van der Waals surface area contributed by atoms with E-state index in [1.165, 1.54) is 36.4 Å². The largest absolute Gasteiger partial charge is 0.395 e. The Balaban J connectivity index is 0.000000198. The molecule has 0 spiro atoms. The predicted molar refractivity (Wildman–Crippen MR) is 444 cm³/mol. The van der Waals surface area contributed by atoms with Gasteiger partial charge in [0.15, 0.2) is 34.9 Å². The summed E-state index contributed by atoms with van der Waals surface area (Å²) in [6.45, 7) is 16.9. The van der Waals surface area contributed by atoms with Gasteiger partial charge < -0.3 is 62.0 Å². The quantitative estimate of drug-likeness (QED) is 0.0119. The molecule has 2 fully saturated rings. The van der Waals surface area contributed by atoms with E-state index in [1.807, 2.05) is 101 Å². The Kier molecular flexibility index (Phi) is 35.7. The van der Waals surface area contributed by atoms with Gasteiger partial charge in [-0.1, -0.05) is 0 Å². The Bertz CT molecular complexity index is 4400. The molecule has 9 N–H and O–H groups in total. The Hall–Kier alpha value is -6.01. The van der Waals surface area contributed by atoms with Crippen LogP contribution in [0.25, 0.3) is 0 Å². The van der Waals surface area contributed by atoms with Crippen LogP contribution in [0, 0.1) is 82.7 Å². The van der Waals surface area contributed by atoms with E-state index in [0.29, 0.717) is 87.5 Å². The summed E-state index contributed by atoms with van der Waals surface area (Å²) in [6.07, 6.45) is 0.753. The number of carbonyl (C=O) groups excluding carboxylic acids is 4. The van der Waals surface area contributed by atoms with Crippen molar-refractivity contribution >= 4 is 191 Å². The molecule has 0 bridgehead atoms. The smallest absolute Gasteiger partial charge is 0.253 e. The highest BCUT2D eigenvalue weighted by molar-refractivity contribution is 14.1. The third-order valence-electron chi connectivity index (χ3n) is 16.3. The van der Waals surface area contributed by atoms with Gasteiger partial charge in [0, 0.05) is 102 Å². The molecule has 0 atom stereocenters. The van der Waals surface area contributed by atoms with E-state index >= 15 is 0 Å². The molecule has 0 saturated carbocycles. The van der Waals surface area contributed by atoms with Gasteiger partial charge in [0.05, 0.1) is 87.0 Å². The monoisotopic (exact) mass is 2050 g/mol. The summed E-state index contributed by atoms with van der Waals surface area (Å²) in [7, 11) is 3.89. The minimum atomic E-state index is -1.10. The van der Waals surface area contributed by atoms with E-state index < -0.39 is 58.4 Å². The van der Waals surface area contributed by atoms with E-state index in [4.69, 9.17) is 14.6 Å². The molecule has 568 valence electrons. The van der Waals surface area contributed by atoms with Crippen molar-refractivity contribution in [1.29, 1.82) is 0 Å². The summed E-state index contributed by atoms with van der Waals surface area (Å²) in [5, 5.41) is 31.5. The first-order valence-electron chi connectivity index (χ1n) is 33.3. The van der Waals surface area contributed by atoms with Gasteiger partial charge in [-0.2, -0.15) is 0 Å². The summed E-state index contributed by atoms with van der Waals surface area (Å²) in [6, 6.07) is 31.3. The number of morpholine rings is 2. The van der Waals surface area contributed by atoms with Gasteiger partial charge in [-0.15, -0.1) is 0 Å². The number of hydrogen-bond acceptors (Lipinski definition) is 14. The zero-order chi connectivity index (χ0) is 77.3. The molecule has 2 heterocycles. The third-order valence-corrected chi connectivity index (χ3v) is 20.1. The molecular formula is C75H80Br2F7I4N11O7. The number of aliphatic hydroxyl groups excluding tert-OH is 1. The lowest BCUT2D eigenvalue weighted by molar-refractivity contribution is 0.0382. The fraction of sp³-hybridized carbons (Fsp3) is 0.307. The number of amides is 4. The number of nitrogens with one attached hydrogen (secondary N) is 8. The number of benzene rings is 8. The minimum Gasteiger partial charge on any atom is -0.395 e. The zero-order valence-corrected chi connectivity index (χ0v) is 70.4. The molecule has 2 aliphatic rings. The lowest BCUT2D eigenvalue weighted by Gasteiger charge is -2.26. The van der Waals surface area contributed by atoms with Crippen molar-refractivity contribution < 1.29 is 64.5 Å². The molecule has 106 heavy (non-hydrogen) atoms. The van der Waals surface area contributed by atoms with Crippen molar-refractivity contribution in [3.8, 4) is 0 Å². The molecule has 8 aromatic rings. The molecule has 8 aromatic carbocycles. The van der Waals surface area contributed by atoms with E-state index in [-0.39, 0.29) is 61.8 Å². The molecule has 31 heteroatoms. The number of hydrogen-bond donors (Lipinski definition) is 9. The molecule has 18 nitrogen and oxygen atoms in total. The highest BCUT2D eigenvalue weighted by Crippen LogP contribution is 2.36. The fourth-order valence-corrected chi connectivity index (χ4v) is 13.9. The van der Waals surface area contributed by atoms with Crippen molar-refractivity contribution in [3.63, 3.8) is 0 Å². The van der Waals surface area contributed by atoms with Crippen LogP contribution in [0.3, 0.4) is 0 Å². The normalized spacial score (nSPS) is 12.8. The average Bonchev–Trinajstić information content (AvgIpc) is 0.804. The molecule has 0 aromatic heterocycles. The van der Waals surface area contributed by atoms with Crippen molar-refractivity contribution in [3.05, 3.63) is 224 Å². The Labute approximate surface area is 683 Å². The van der Waals surface area contributed by atoms with Gasteiger partial charge in [-0.3, -0.25) is 29.0 Å². The number of rotatable bonds is 24. The molecule has 10 rings (SSSR count). The second kappa shape index (κ2) is 43.4. The standard InChI is InChI=1S/C20H21BrF2IN3O2.C20H22F2IN3O2.C19H21BrF2IN3O.C16H16FIN2O2/c1-12-10-13(24)2-3-16(12)26-19-14(11-15(21)17(22)18(19)23)20(28)25-4-5-27-6-8-29-9-7-27;1-13-12-14(23)2-5-17(13)25-19-15(3-4-16(21)18(19)22)20(27)24-6-7-26-8-10-28-11-9-26;1-11-9-12(23)5-6-15(11)25-18-13(10-14(20)16(21)17(18)22)19(27)24-7-4-8-26(2)3;1-10-8-12(18)3-5-14(10)20-15-9-11(17)2-4-13(15)16(22)19-6-7-21/h2-3,10-11,26H,4-9H2,1H3,(H,25,28);2-5,12,25H,6-11H2,1H3,(H,24,27);5-6,9-10,25H,4,7-8H2,1-3H3,(H,24,27);2-5,8-9,20-21H,6-7H2,1H3,(H,19,22). The molecular weight excluding hydrogens is 1970 g/mol. The molecule has 2 aliphatic heterocycles. The zero-order valence-electron chi connectivity index (χ0n) is 58.6. The van der Waals surface area contributed by atoms with Crippen LogP contribution in [-0.4, -0.2) is 163 Å². The van der Waals surface area contributed by atoms with E-state index in [0.717, 1.165) is 87.4 Å². The number of anilines is 8. The van der Waals surface area contributed by atoms with Crippen LogP contribution in [0.5, 0.6) is 0 Å². The molecule has 0 radical (unpaired) electrons. The summed E-state index contributed by atoms with van der Waals surface area (Å²) >= 11 is 14.7. The average molecular weight is 2050 g/mol. The third kappa shape index (κ3) is 26.4. The van der Waals surface area contributed by atoms with Gasteiger partial charge in [0.2, 0.25) is 0 Å². The first-order valence-corrected chi connectivity index (χ1v) is 39.2. The molecule has 4 amide bonds. The molecule has 0 aliphatic carbocycles. The number of nitrogens with zero attached hydrogens (tertiary/aromatic N) is 3. The van der Waals surface area contributed by atoms with Crippen molar-refractivity contribution in [2.24, 2.45) is 0 Å². The van der Waals surface area contributed by atoms with Crippen LogP contribution in [0.2, 0.25) is 0 Å². The van der Waals surface area contributed by atoms with Crippen LogP contribution >= 0.6 is 122 Å². The van der Waals surface area contributed by atoms with Crippen LogP contribution in [-0.2, 0) is 9.47 Å². The maximum Gasteiger partial charge on any atom is 0.253 e. The molecule has 0 unspecified atom stereocenters. The Morgan fingerprint density at radius 2 is 0.792 bits per heavy atom. The summed E-state index contributed by atoms with van der Waals surface area (Å²) in [4.78, 5) is 56.4. The number of carbonyl (C=O) groups is 4. The molecule has 2 saturated heterocycles. The summed E-state index contributed by atoms with van der Waals surface area (Å²) < 4.78 is 114. The van der Waals surface area contributed by atoms with E-state index in [2.05, 4.69) is 175 Å². The second-order valence-corrected chi connectivity index (χ2v) is 31.1. The van der Waals surface area contributed by atoms with Crippen molar-refractivity contribution in [2.45, 2.75) is 34.1 Å². The fourth-order valence-electron chi connectivity index (χ4n) is 10.5. The maximum atomic E-state index is 14.7. The number of aryl methyl sites for hydroxylation is 4. The topological polar surface area (TPSA) is 213 Å². The highest BCUT2D eigenvalue weighted by atomic mass is 127. The predicted octanol–water partition coefficient (Wildman–Crippen LogP) is 16.4. The highest BCUT2D eigenvalue weighted by Gasteiger charge is 2.26. The van der Waals surface area contributed by atoms with Crippen LogP contribution in [0.4, 0.5) is 76.2 Å². The Morgan fingerprint density at radius 1 is 0.434 bits per heavy atom. The van der Waals surface area contributed by atoms with Gasteiger partial charge in [0.1, 0.15) is 5.82 Å². The lowest BCUT2D eigenvalue weighted by Crippen LogP contribution is -2.41. The first-order chi connectivity index (χ1) is 50.5. The van der Waals surface area contributed by atoms with Crippen LogP contribution < -0.4 is 42.5 Å². The van der Waals surface area contributed by atoms with E-state index in [1.54, 1.807) is 18.2 Å². The van der Waals surface area contributed by atoms with Gasteiger partial charge >= 0.3 is 0 Å². The number of aliphatic hydroxyl groups is 1. The SMILES string of the molecule is Cc1cc(I)ccc1Nc1c(C(=O)NCCCN(C)C)cc(Br)c(F)c1F.Cc1cc(I)ccc1Nc1c(C(=O)NCCN2CCOCC2)cc(Br)c(F)c1F.Cc1cc(I)ccc1Nc1c(C(=O)NCCN2CCOCC2)ccc(F)c1F.Cc1cc(I)ccc1Nc1cc(F)ccc1C(=O)NCCO. The van der Waals surface area contributed by atoms with Gasteiger partial charge in [-0.25, -0.2) is 30.7 Å². The van der Waals surface area contributed by atoms with Crippen molar-refractivity contribution in [2.75, 3.05) is 140 Å². The van der Waals surface area contributed by atoms with Crippen molar-refractivity contribution in [1.82, 2.24) is 36.0 Å². The van der Waals surface area contributed by atoms with Crippen LogP contribution in [0.15, 0.2) is 124 Å². The lowest BCUT2D eigenvalue weighted by atomic mass is 10.1. The van der Waals surface area contributed by atoms with Gasteiger partial charge in [-0.05, 0) is 314 Å².